The monoisotopic (exact) mass is 417 g/mol. The molecule has 8 nitrogen and oxygen atoms in total. The van der Waals surface area contributed by atoms with Gasteiger partial charge in [0.15, 0.2) is 0 Å². The predicted molar refractivity (Wildman–Crippen MR) is 114 cm³/mol. The van der Waals surface area contributed by atoms with E-state index in [1.807, 2.05) is 25.1 Å². The standard InChI is InChI=1S/C20H27N3O3.C2H4O2/c1-15-8-11-23(14-16-5-2-9-21-13-16)20(25)18(15)19(24)22-10-3-6-17-7-4-12-26-17;1-2(3)4/h4,7-8,11-12,16,21H,2-3,5-6,9-10,13-14H2,1H3,(H,22,24);1H3,(H,3,4). The van der Waals surface area contributed by atoms with Crippen LogP contribution >= 0.6 is 0 Å². The molecule has 0 aliphatic carbocycles. The second kappa shape index (κ2) is 12.0. The van der Waals surface area contributed by atoms with Crippen LogP contribution in [0, 0.1) is 12.8 Å². The Balaban J connectivity index is 0.000000735. The molecule has 0 saturated carbocycles. The topological polar surface area (TPSA) is 114 Å². The van der Waals surface area contributed by atoms with E-state index in [4.69, 9.17) is 14.3 Å². The molecule has 164 valence electrons. The number of amides is 1. The fourth-order valence-electron chi connectivity index (χ4n) is 3.45. The van der Waals surface area contributed by atoms with Crippen molar-refractivity contribution >= 4 is 11.9 Å². The number of furan rings is 1. The quantitative estimate of drug-likeness (QED) is 0.595. The molecule has 1 saturated heterocycles. The van der Waals surface area contributed by atoms with Crippen molar-refractivity contribution in [2.75, 3.05) is 19.6 Å². The second-order valence-corrected chi connectivity index (χ2v) is 7.50. The molecular formula is C22H31N3O5. The minimum atomic E-state index is -0.833. The molecular weight excluding hydrogens is 386 g/mol. The van der Waals surface area contributed by atoms with Gasteiger partial charge in [-0.1, -0.05) is 0 Å². The van der Waals surface area contributed by atoms with Crippen LogP contribution in [0.25, 0.3) is 0 Å². The van der Waals surface area contributed by atoms with Gasteiger partial charge in [0.05, 0.1) is 6.26 Å². The molecule has 0 spiro atoms. The molecule has 0 aromatic carbocycles. The summed E-state index contributed by atoms with van der Waals surface area (Å²) in [5.41, 5.74) is 0.782. The number of carboxylic acid groups (broad SMARTS) is 1. The van der Waals surface area contributed by atoms with E-state index in [0.717, 1.165) is 57.0 Å². The first-order valence-electron chi connectivity index (χ1n) is 10.3. The summed E-state index contributed by atoms with van der Waals surface area (Å²) >= 11 is 0. The Morgan fingerprint density at radius 3 is 2.77 bits per heavy atom. The maximum absolute atomic E-state index is 12.8. The molecule has 3 rings (SSSR count). The Kier molecular flexibility index (Phi) is 9.34. The second-order valence-electron chi connectivity index (χ2n) is 7.50. The molecule has 0 radical (unpaired) electrons. The number of carboxylic acids is 1. The van der Waals surface area contributed by atoms with Crippen LogP contribution < -0.4 is 16.2 Å². The maximum atomic E-state index is 12.8. The van der Waals surface area contributed by atoms with Crippen molar-refractivity contribution in [3.8, 4) is 0 Å². The van der Waals surface area contributed by atoms with Crippen LogP contribution in [0.1, 0.15) is 47.9 Å². The van der Waals surface area contributed by atoms with E-state index in [0.29, 0.717) is 19.0 Å². The van der Waals surface area contributed by atoms with Gasteiger partial charge in [-0.15, -0.1) is 0 Å². The number of nitrogens with zero attached hydrogens (tertiary/aromatic N) is 1. The van der Waals surface area contributed by atoms with Gasteiger partial charge in [0.25, 0.3) is 17.4 Å². The van der Waals surface area contributed by atoms with Crippen molar-refractivity contribution < 1.29 is 19.1 Å². The zero-order chi connectivity index (χ0) is 21.9. The van der Waals surface area contributed by atoms with Gasteiger partial charge in [-0.2, -0.15) is 0 Å². The number of aryl methyl sites for hydroxylation is 2. The molecule has 3 N–H and O–H groups in total. The van der Waals surface area contributed by atoms with E-state index in [1.54, 1.807) is 17.0 Å². The van der Waals surface area contributed by atoms with Crippen molar-refractivity contribution in [3.63, 3.8) is 0 Å². The lowest BCUT2D eigenvalue weighted by atomic mass is 9.99. The Hall–Kier alpha value is -2.87. The fourth-order valence-corrected chi connectivity index (χ4v) is 3.45. The number of hydrogen-bond donors (Lipinski definition) is 3. The number of carbonyl (C=O) groups excluding carboxylic acids is 1. The van der Waals surface area contributed by atoms with E-state index in [2.05, 4.69) is 10.6 Å². The van der Waals surface area contributed by atoms with Crippen LogP contribution in [-0.2, 0) is 17.8 Å². The highest BCUT2D eigenvalue weighted by Crippen LogP contribution is 2.12. The first-order chi connectivity index (χ1) is 14.4. The number of carbonyl (C=O) groups is 2. The zero-order valence-electron chi connectivity index (χ0n) is 17.6. The number of pyridine rings is 1. The van der Waals surface area contributed by atoms with Crippen LogP contribution in [0.2, 0.25) is 0 Å². The highest BCUT2D eigenvalue weighted by atomic mass is 16.4. The third kappa shape index (κ3) is 7.51. The molecule has 30 heavy (non-hydrogen) atoms. The number of aliphatic carboxylic acids is 1. The molecule has 1 aliphatic heterocycles. The Morgan fingerprint density at radius 1 is 1.37 bits per heavy atom. The summed E-state index contributed by atoms with van der Waals surface area (Å²) in [5.74, 6) is 0.218. The van der Waals surface area contributed by atoms with Crippen LogP contribution in [0.15, 0.2) is 39.9 Å². The molecule has 1 aliphatic rings. The molecule has 2 aromatic heterocycles. The first kappa shape index (κ1) is 23.4. The molecule has 1 fully saturated rings. The van der Waals surface area contributed by atoms with Crippen LogP contribution in [-0.4, -0.2) is 41.2 Å². The van der Waals surface area contributed by atoms with Gasteiger partial charge >= 0.3 is 0 Å². The molecule has 1 unspecified atom stereocenters. The number of rotatable bonds is 7. The van der Waals surface area contributed by atoms with Crippen molar-refractivity contribution in [1.29, 1.82) is 0 Å². The normalized spacial score (nSPS) is 15.7. The lowest BCUT2D eigenvalue weighted by Crippen LogP contribution is -2.38. The van der Waals surface area contributed by atoms with Crippen molar-refractivity contribution in [3.05, 3.63) is 57.9 Å². The molecule has 2 aromatic rings. The van der Waals surface area contributed by atoms with Gasteiger partial charge < -0.3 is 24.7 Å². The Labute approximate surface area is 176 Å². The largest absolute Gasteiger partial charge is 0.481 e. The number of nitrogens with one attached hydrogen (secondary N) is 2. The summed E-state index contributed by atoms with van der Waals surface area (Å²) in [6.07, 6.45) is 7.23. The van der Waals surface area contributed by atoms with Crippen LogP contribution in [0.4, 0.5) is 0 Å². The van der Waals surface area contributed by atoms with Gasteiger partial charge in [-0.3, -0.25) is 14.4 Å². The minimum Gasteiger partial charge on any atom is -0.481 e. The van der Waals surface area contributed by atoms with E-state index < -0.39 is 5.97 Å². The Morgan fingerprint density at radius 2 is 2.13 bits per heavy atom. The first-order valence-corrected chi connectivity index (χ1v) is 10.3. The molecule has 3 heterocycles. The predicted octanol–water partition coefficient (Wildman–Crippen LogP) is 2.20. The zero-order valence-corrected chi connectivity index (χ0v) is 17.6. The lowest BCUT2D eigenvalue weighted by molar-refractivity contribution is -0.134. The third-order valence-corrected chi connectivity index (χ3v) is 4.92. The van der Waals surface area contributed by atoms with E-state index in [-0.39, 0.29) is 17.0 Å². The summed E-state index contributed by atoms with van der Waals surface area (Å²) in [6.45, 7) is 6.04. The number of piperidine rings is 1. The summed E-state index contributed by atoms with van der Waals surface area (Å²) in [6, 6.07) is 5.63. The smallest absolute Gasteiger partial charge is 0.300 e. The summed E-state index contributed by atoms with van der Waals surface area (Å²) in [7, 11) is 0. The van der Waals surface area contributed by atoms with Crippen molar-refractivity contribution in [2.45, 2.75) is 46.1 Å². The molecule has 0 bridgehead atoms. The summed E-state index contributed by atoms with van der Waals surface area (Å²) in [4.78, 5) is 34.3. The van der Waals surface area contributed by atoms with Gasteiger partial charge in [0, 0.05) is 32.6 Å². The molecule has 1 atom stereocenters. The molecule has 1 amide bonds. The van der Waals surface area contributed by atoms with Gasteiger partial charge in [0.1, 0.15) is 11.3 Å². The van der Waals surface area contributed by atoms with Crippen molar-refractivity contribution in [1.82, 2.24) is 15.2 Å². The SMILES string of the molecule is CC(=O)O.Cc1ccn(CC2CCCNC2)c(=O)c1C(=O)NCCCc1ccco1. The average Bonchev–Trinajstić information content (AvgIpc) is 3.22. The fraction of sp³-hybridized carbons (Fsp3) is 0.500. The van der Waals surface area contributed by atoms with E-state index in [9.17, 15) is 9.59 Å². The van der Waals surface area contributed by atoms with E-state index in [1.165, 1.54) is 0 Å². The number of hydrogen-bond acceptors (Lipinski definition) is 5. The minimum absolute atomic E-state index is 0.195. The molecule has 8 heteroatoms. The lowest BCUT2D eigenvalue weighted by Gasteiger charge is -2.23. The Bertz CT molecular complexity index is 863. The highest BCUT2D eigenvalue weighted by molar-refractivity contribution is 5.95. The van der Waals surface area contributed by atoms with Gasteiger partial charge in [-0.25, -0.2) is 0 Å². The van der Waals surface area contributed by atoms with Crippen LogP contribution in [0.5, 0.6) is 0 Å². The van der Waals surface area contributed by atoms with Gasteiger partial charge in [0.2, 0.25) is 0 Å². The average molecular weight is 418 g/mol. The highest BCUT2D eigenvalue weighted by Gasteiger charge is 2.18. The third-order valence-electron chi connectivity index (χ3n) is 4.92. The van der Waals surface area contributed by atoms with Crippen molar-refractivity contribution in [2.24, 2.45) is 5.92 Å². The van der Waals surface area contributed by atoms with Crippen LogP contribution in [0.3, 0.4) is 0 Å². The summed E-state index contributed by atoms with van der Waals surface area (Å²) < 4.78 is 6.96. The maximum Gasteiger partial charge on any atom is 0.300 e. The van der Waals surface area contributed by atoms with E-state index >= 15 is 0 Å². The number of aromatic nitrogens is 1. The van der Waals surface area contributed by atoms with Gasteiger partial charge in [-0.05, 0) is 69.0 Å². The summed E-state index contributed by atoms with van der Waals surface area (Å²) in [5, 5.41) is 13.7.